The van der Waals surface area contributed by atoms with E-state index in [1.807, 2.05) is 0 Å². The van der Waals surface area contributed by atoms with Crippen LogP contribution in [-0.2, 0) is 6.42 Å². The lowest BCUT2D eigenvalue weighted by molar-refractivity contribution is 0.0697. The smallest absolute Gasteiger partial charge is 0.335 e. The standard InChI is InChI=1S/C16H15Cl2NO2/c17-13-2-1-3-14(18)15(13)12(9-19)8-10-4-6-11(7-5-10)16(20)21/h1-7,12H,8-9,19H2,(H,20,21). The van der Waals surface area contributed by atoms with Crippen molar-refractivity contribution in [2.45, 2.75) is 12.3 Å². The van der Waals surface area contributed by atoms with E-state index >= 15 is 0 Å². The highest BCUT2D eigenvalue weighted by molar-refractivity contribution is 6.36. The largest absolute Gasteiger partial charge is 0.478 e. The summed E-state index contributed by atoms with van der Waals surface area (Å²) in [5, 5.41) is 10.1. The summed E-state index contributed by atoms with van der Waals surface area (Å²) in [6, 6.07) is 12.1. The topological polar surface area (TPSA) is 63.3 Å². The van der Waals surface area contributed by atoms with Crippen LogP contribution in [-0.4, -0.2) is 17.6 Å². The number of benzene rings is 2. The predicted octanol–water partition coefficient (Wildman–Crippen LogP) is 3.98. The average molecular weight is 324 g/mol. The second kappa shape index (κ2) is 6.94. The number of hydrogen-bond acceptors (Lipinski definition) is 2. The SMILES string of the molecule is NCC(Cc1ccc(C(=O)O)cc1)c1c(Cl)cccc1Cl. The van der Waals surface area contributed by atoms with Crippen LogP contribution < -0.4 is 5.73 Å². The van der Waals surface area contributed by atoms with Crippen molar-refractivity contribution in [3.63, 3.8) is 0 Å². The molecule has 0 saturated heterocycles. The molecule has 0 amide bonds. The number of carboxylic acid groups (broad SMARTS) is 1. The number of halogens is 2. The van der Waals surface area contributed by atoms with Crippen molar-refractivity contribution in [2.75, 3.05) is 6.54 Å². The average Bonchev–Trinajstić information content (AvgIpc) is 2.46. The second-order valence-corrected chi connectivity index (χ2v) is 5.59. The van der Waals surface area contributed by atoms with E-state index in [1.54, 1.807) is 42.5 Å². The van der Waals surface area contributed by atoms with Crippen LogP contribution in [0, 0.1) is 0 Å². The van der Waals surface area contributed by atoms with Crippen molar-refractivity contribution in [3.8, 4) is 0 Å². The molecule has 2 rings (SSSR count). The summed E-state index contributed by atoms with van der Waals surface area (Å²) in [6.07, 6.45) is 0.653. The first-order chi connectivity index (χ1) is 10.0. The van der Waals surface area contributed by atoms with Crippen LogP contribution in [0.15, 0.2) is 42.5 Å². The van der Waals surface area contributed by atoms with Gasteiger partial charge in [-0.1, -0.05) is 41.4 Å². The highest BCUT2D eigenvalue weighted by Gasteiger charge is 2.17. The lowest BCUT2D eigenvalue weighted by Crippen LogP contribution is -2.16. The molecule has 0 heterocycles. The number of nitrogens with two attached hydrogens (primary N) is 1. The molecule has 0 aliphatic heterocycles. The molecule has 3 N–H and O–H groups in total. The van der Waals surface area contributed by atoms with Crippen molar-refractivity contribution in [1.82, 2.24) is 0 Å². The van der Waals surface area contributed by atoms with Crippen molar-refractivity contribution < 1.29 is 9.90 Å². The minimum absolute atomic E-state index is 0.0121. The highest BCUT2D eigenvalue weighted by atomic mass is 35.5. The molecule has 2 aromatic rings. The molecular weight excluding hydrogens is 309 g/mol. The Morgan fingerprint density at radius 1 is 1.10 bits per heavy atom. The Hall–Kier alpha value is -1.55. The summed E-state index contributed by atoms with van der Waals surface area (Å²) in [7, 11) is 0. The molecule has 110 valence electrons. The lowest BCUT2D eigenvalue weighted by atomic mass is 9.91. The Labute approximate surface area is 133 Å². The molecule has 5 heteroatoms. The Kier molecular flexibility index (Phi) is 5.23. The molecule has 0 fully saturated rings. The van der Waals surface area contributed by atoms with Crippen molar-refractivity contribution >= 4 is 29.2 Å². The zero-order valence-electron chi connectivity index (χ0n) is 11.2. The highest BCUT2D eigenvalue weighted by Crippen LogP contribution is 2.33. The van der Waals surface area contributed by atoms with E-state index in [0.29, 0.717) is 23.0 Å². The monoisotopic (exact) mass is 323 g/mol. The van der Waals surface area contributed by atoms with Gasteiger partial charge in [0.1, 0.15) is 0 Å². The summed E-state index contributed by atoms with van der Waals surface area (Å²) < 4.78 is 0. The lowest BCUT2D eigenvalue weighted by Gasteiger charge is -2.18. The normalized spacial score (nSPS) is 12.1. The second-order valence-electron chi connectivity index (χ2n) is 4.77. The van der Waals surface area contributed by atoms with E-state index in [4.69, 9.17) is 34.0 Å². The van der Waals surface area contributed by atoms with Gasteiger partial charge in [0.05, 0.1) is 5.56 Å². The van der Waals surface area contributed by atoms with Gasteiger partial charge in [0.2, 0.25) is 0 Å². The maximum Gasteiger partial charge on any atom is 0.335 e. The van der Waals surface area contributed by atoms with Gasteiger partial charge in [-0.2, -0.15) is 0 Å². The van der Waals surface area contributed by atoms with Crippen LogP contribution in [0.2, 0.25) is 10.0 Å². The fourth-order valence-electron chi connectivity index (χ4n) is 2.27. The van der Waals surface area contributed by atoms with Crippen LogP contribution in [0.3, 0.4) is 0 Å². The first-order valence-corrected chi connectivity index (χ1v) is 7.24. The Morgan fingerprint density at radius 2 is 1.67 bits per heavy atom. The zero-order chi connectivity index (χ0) is 15.4. The fraction of sp³-hybridized carbons (Fsp3) is 0.188. The molecule has 0 bridgehead atoms. The summed E-state index contributed by atoms with van der Waals surface area (Å²) in [6.45, 7) is 0.407. The third-order valence-electron chi connectivity index (χ3n) is 3.38. The van der Waals surface area contributed by atoms with Gasteiger partial charge in [0.15, 0.2) is 0 Å². The minimum atomic E-state index is -0.939. The third kappa shape index (κ3) is 3.76. The van der Waals surface area contributed by atoms with Gasteiger partial charge >= 0.3 is 5.97 Å². The van der Waals surface area contributed by atoms with E-state index in [9.17, 15) is 4.79 Å². The van der Waals surface area contributed by atoms with Gasteiger partial charge in [-0.25, -0.2) is 4.79 Å². The molecule has 0 aromatic heterocycles. The maximum absolute atomic E-state index is 10.8. The molecule has 0 spiro atoms. The minimum Gasteiger partial charge on any atom is -0.478 e. The molecule has 0 radical (unpaired) electrons. The molecule has 2 aromatic carbocycles. The van der Waals surface area contributed by atoms with E-state index in [-0.39, 0.29) is 11.5 Å². The maximum atomic E-state index is 10.8. The third-order valence-corrected chi connectivity index (χ3v) is 4.03. The fourth-order valence-corrected chi connectivity index (χ4v) is 2.98. The number of carbonyl (C=O) groups is 1. The molecule has 1 atom stereocenters. The van der Waals surface area contributed by atoms with Gasteiger partial charge in [0, 0.05) is 16.0 Å². The molecule has 21 heavy (non-hydrogen) atoms. The number of rotatable bonds is 5. The molecule has 0 saturated carbocycles. The van der Waals surface area contributed by atoms with Crippen LogP contribution in [0.25, 0.3) is 0 Å². The van der Waals surface area contributed by atoms with Crippen molar-refractivity contribution in [2.24, 2.45) is 5.73 Å². The van der Waals surface area contributed by atoms with Gasteiger partial charge in [0.25, 0.3) is 0 Å². The molecule has 0 aliphatic carbocycles. The molecule has 3 nitrogen and oxygen atoms in total. The van der Waals surface area contributed by atoms with Gasteiger partial charge in [-0.15, -0.1) is 0 Å². The van der Waals surface area contributed by atoms with Crippen LogP contribution in [0.1, 0.15) is 27.4 Å². The summed E-state index contributed by atoms with van der Waals surface area (Å²) in [4.78, 5) is 10.8. The van der Waals surface area contributed by atoms with Crippen LogP contribution >= 0.6 is 23.2 Å². The molecule has 1 unspecified atom stereocenters. The van der Waals surface area contributed by atoms with Gasteiger partial charge < -0.3 is 10.8 Å². The number of hydrogen-bond donors (Lipinski definition) is 2. The summed E-state index contributed by atoms with van der Waals surface area (Å²) in [5.74, 6) is -0.951. The molecule has 0 aliphatic rings. The molecular formula is C16H15Cl2NO2. The van der Waals surface area contributed by atoms with E-state index < -0.39 is 5.97 Å². The number of carboxylic acids is 1. The zero-order valence-corrected chi connectivity index (χ0v) is 12.7. The predicted molar refractivity (Wildman–Crippen MR) is 85.4 cm³/mol. The summed E-state index contributed by atoms with van der Waals surface area (Å²) in [5.41, 5.74) is 7.95. The van der Waals surface area contributed by atoms with Gasteiger partial charge in [-0.05, 0) is 48.4 Å². The Balaban J connectivity index is 2.25. The van der Waals surface area contributed by atoms with E-state index in [1.165, 1.54) is 0 Å². The van der Waals surface area contributed by atoms with Gasteiger partial charge in [-0.3, -0.25) is 0 Å². The van der Waals surface area contributed by atoms with Crippen molar-refractivity contribution in [1.29, 1.82) is 0 Å². The van der Waals surface area contributed by atoms with Crippen molar-refractivity contribution in [3.05, 3.63) is 69.2 Å². The summed E-state index contributed by atoms with van der Waals surface area (Å²) >= 11 is 12.4. The van der Waals surface area contributed by atoms with Crippen LogP contribution in [0.5, 0.6) is 0 Å². The Morgan fingerprint density at radius 3 is 2.14 bits per heavy atom. The quantitative estimate of drug-likeness (QED) is 0.874. The first kappa shape index (κ1) is 15.8. The first-order valence-electron chi connectivity index (χ1n) is 6.49. The number of aromatic carboxylic acids is 1. The van der Waals surface area contributed by atoms with E-state index in [2.05, 4.69) is 0 Å². The Bertz CT molecular complexity index is 621. The van der Waals surface area contributed by atoms with E-state index in [0.717, 1.165) is 11.1 Å². The van der Waals surface area contributed by atoms with Crippen LogP contribution in [0.4, 0.5) is 0 Å².